The van der Waals surface area contributed by atoms with Gasteiger partial charge in [0.05, 0.1) is 43.0 Å². The van der Waals surface area contributed by atoms with Gasteiger partial charge in [-0.05, 0) is 6.42 Å². The SMILES string of the molecule is COc1cc(N)c(NC(=O)C2CCS(=O)(=O)C2)cc1OC. The van der Waals surface area contributed by atoms with Gasteiger partial charge in [0.15, 0.2) is 21.3 Å². The fourth-order valence-corrected chi connectivity index (χ4v) is 3.98. The Balaban J connectivity index is 2.18. The van der Waals surface area contributed by atoms with Crippen molar-refractivity contribution in [2.75, 3.05) is 36.8 Å². The highest BCUT2D eigenvalue weighted by Gasteiger charge is 2.33. The lowest BCUT2D eigenvalue weighted by Gasteiger charge is -2.15. The van der Waals surface area contributed by atoms with Crippen LogP contribution in [0.5, 0.6) is 11.5 Å². The molecule has 0 aliphatic carbocycles. The third-order valence-electron chi connectivity index (χ3n) is 3.42. The van der Waals surface area contributed by atoms with Crippen molar-refractivity contribution >= 4 is 27.1 Å². The average molecular weight is 314 g/mol. The molecule has 2 rings (SSSR count). The molecule has 1 amide bonds. The molecule has 1 saturated heterocycles. The van der Waals surface area contributed by atoms with Crippen LogP contribution in [0.15, 0.2) is 12.1 Å². The van der Waals surface area contributed by atoms with E-state index in [4.69, 9.17) is 15.2 Å². The number of hydrogen-bond donors (Lipinski definition) is 2. The molecule has 1 unspecified atom stereocenters. The molecule has 0 aromatic heterocycles. The van der Waals surface area contributed by atoms with E-state index in [9.17, 15) is 13.2 Å². The summed E-state index contributed by atoms with van der Waals surface area (Å²) in [6.07, 6.45) is 0.335. The van der Waals surface area contributed by atoms with Crippen molar-refractivity contribution in [2.24, 2.45) is 5.92 Å². The fraction of sp³-hybridized carbons (Fsp3) is 0.462. The first kappa shape index (κ1) is 15.4. The number of nitrogens with two attached hydrogens (primary N) is 1. The summed E-state index contributed by atoms with van der Waals surface area (Å²) < 4.78 is 33.1. The van der Waals surface area contributed by atoms with Crippen LogP contribution in [0.25, 0.3) is 0 Å². The number of carbonyl (C=O) groups is 1. The second-order valence-corrected chi connectivity index (χ2v) is 7.11. The van der Waals surface area contributed by atoms with Crippen LogP contribution < -0.4 is 20.5 Å². The van der Waals surface area contributed by atoms with E-state index >= 15 is 0 Å². The third-order valence-corrected chi connectivity index (χ3v) is 5.18. The van der Waals surface area contributed by atoms with E-state index < -0.39 is 15.8 Å². The quantitative estimate of drug-likeness (QED) is 0.790. The van der Waals surface area contributed by atoms with Gasteiger partial charge in [0, 0.05) is 12.1 Å². The minimum absolute atomic E-state index is 0.0481. The summed E-state index contributed by atoms with van der Waals surface area (Å²) in [6, 6.07) is 3.09. The number of benzene rings is 1. The molecule has 3 N–H and O–H groups in total. The lowest BCUT2D eigenvalue weighted by atomic mass is 10.1. The molecule has 1 aromatic carbocycles. The van der Waals surface area contributed by atoms with Crippen molar-refractivity contribution < 1.29 is 22.7 Å². The Morgan fingerprint density at radius 1 is 1.29 bits per heavy atom. The van der Waals surface area contributed by atoms with Gasteiger partial charge in [0.2, 0.25) is 5.91 Å². The summed E-state index contributed by atoms with van der Waals surface area (Å²) in [5, 5.41) is 2.65. The van der Waals surface area contributed by atoms with Crippen LogP contribution in [0.1, 0.15) is 6.42 Å². The Labute approximate surface area is 123 Å². The number of nitrogen functional groups attached to an aromatic ring is 1. The highest BCUT2D eigenvalue weighted by atomic mass is 32.2. The molecule has 0 spiro atoms. The summed E-state index contributed by atoms with van der Waals surface area (Å²) >= 11 is 0. The summed E-state index contributed by atoms with van der Waals surface area (Å²) in [6.45, 7) is 0. The first-order valence-corrected chi connectivity index (χ1v) is 8.21. The molecule has 1 aromatic rings. The minimum atomic E-state index is -3.10. The molecule has 1 atom stereocenters. The predicted octanol–water partition coefficient (Wildman–Crippen LogP) is 0.659. The minimum Gasteiger partial charge on any atom is -0.493 e. The zero-order valence-corrected chi connectivity index (χ0v) is 12.7. The molecule has 1 aliphatic rings. The van der Waals surface area contributed by atoms with Gasteiger partial charge in [-0.2, -0.15) is 0 Å². The standard InChI is InChI=1S/C13H18N2O5S/c1-19-11-5-9(14)10(6-12(11)20-2)15-13(16)8-3-4-21(17,18)7-8/h5-6,8H,3-4,7,14H2,1-2H3,(H,15,16). The molecule has 1 aliphatic heterocycles. The second-order valence-electron chi connectivity index (χ2n) is 4.88. The molecule has 1 heterocycles. The van der Waals surface area contributed by atoms with Crippen molar-refractivity contribution in [3.05, 3.63) is 12.1 Å². The van der Waals surface area contributed by atoms with Crippen molar-refractivity contribution in [3.8, 4) is 11.5 Å². The Kier molecular flexibility index (Phi) is 4.26. The zero-order chi connectivity index (χ0) is 15.6. The van der Waals surface area contributed by atoms with Gasteiger partial charge in [-0.15, -0.1) is 0 Å². The van der Waals surface area contributed by atoms with Crippen LogP contribution in [-0.2, 0) is 14.6 Å². The topological polar surface area (TPSA) is 108 Å². The number of carbonyl (C=O) groups excluding carboxylic acids is 1. The van der Waals surface area contributed by atoms with Gasteiger partial charge in [-0.1, -0.05) is 0 Å². The number of ether oxygens (including phenoxy) is 2. The van der Waals surface area contributed by atoms with Crippen LogP contribution in [-0.4, -0.2) is 40.1 Å². The molecule has 8 heteroatoms. The van der Waals surface area contributed by atoms with Crippen molar-refractivity contribution in [1.82, 2.24) is 0 Å². The van der Waals surface area contributed by atoms with Gasteiger partial charge in [-0.3, -0.25) is 4.79 Å². The molecule has 0 bridgehead atoms. The van der Waals surface area contributed by atoms with E-state index in [-0.39, 0.29) is 17.4 Å². The highest BCUT2D eigenvalue weighted by Crippen LogP contribution is 2.35. The summed E-state index contributed by atoms with van der Waals surface area (Å²) in [4.78, 5) is 12.1. The number of sulfone groups is 1. The Hall–Kier alpha value is -1.96. The molecule has 0 saturated carbocycles. The van der Waals surface area contributed by atoms with Crippen LogP contribution in [0.4, 0.5) is 11.4 Å². The summed E-state index contributed by atoms with van der Waals surface area (Å²) in [5.74, 6) is -0.0756. The first-order chi connectivity index (χ1) is 9.86. The second kappa shape index (κ2) is 5.80. The normalized spacial score (nSPS) is 20.0. The van der Waals surface area contributed by atoms with Crippen molar-refractivity contribution in [3.63, 3.8) is 0 Å². The number of anilines is 2. The monoisotopic (exact) mass is 314 g/mol. The lowest BCUT2D eigenvalue weighted by molar-refractivity contribution is -0.119. The largest absolute Gasteiger partial charge is 0.493 e. The van der Waals surface area contributed by atoms with E-state index in [1.165, 1.54) is 14.2 Å². The zero-order valence-electron chi connectivity index (χ0n) is 11.9. The average Bonchev–Trinajstić information content (AvgIpc) is 2.80. The van der Waals surface area contributed by atoms with Crippen molar-refractivity contribution in [1.29, 1.82) is 0 Å². The molecule has 1 fully saturated rings. The Morgan fingerprint density at radius 2 is 1.90 bits per heavy atom. The molecule has 0 radical (unpaired) electrons. The third kappa shape index (κ3) is 3.38. The Bertz CT molecular complexity index is 657. The van der Waals surface area contributed by atoms with E-state index in [0.29, 0.717) is 29.3 Å². The summed E-state index contributed by atoms with van der Waals surface area (Å²) in [7, 11) is -0.143. The summed E-state index contributed by atoms with van der Waals surface area (Å²) in [5.41, 5.74) is 6.55. The van der Waals surface area contributed by atoms with Gasteiger partial charge < -0.3 is 20.5 Å². The number of nitrogens with one attached hydrogen (secondary N) is 1. The van der Waals surface area contributed by atoms with E-state index in [1.54, 1.807) is 12.1 Å². The molecule has 21 heavy (non-hydrogen) atoms. The molecular formula is C13H18N2O5S. The predicted molar refractivity (Wildman–Crippen MR) is 79.3 cm³/mol. The highest BCUT2D eigenvalue weighted by molar-refractivity contribution is 7.91. The van der Waals surface area contributed by atoms with Gasteiger partial charge in [0.25, 0.3) is 0 Å². The van der Waals surface area contributed by atoms with Crippen LogP contribution in [0.2, 0.25) is 0 Å². The maximum atomic E-state index is 12.1. The van der Waals surface area contributed by atoms with Gasteiger partial charge >= 0.3 is 0 Å². The van der Waals surface area contributed by atoms with E-state index in [2.05, 4.69) is 5.32 Å². The lowest BCUT2D eigenvalue weighted by Crippen LogP contribution is -2.24. The van der Waals surface area contributed by atoms with Crippen LogP contribution in [0, 0.1) is 5.92 Å². The molecular weight excluding hydrogens is 296 g/mol. The maximum absolute atomic E-state index is 12.1. The number of amides is 1. The first-order valence-electron chi connectivity index (χ1n) is 6.39. The fourth-order valence-electron chi connectivity index (χ4n) is 2.24. The van der Waals surface area contributed by atoms with Crippen LogP contribution >= 0.6 is 0 Å². The molecule has 7 nitrogen and oxygen atoms in total. The van der Waals surface area contributed by atoms with Crippen molar-refractivity contribution in [2.45, 2.75) is 6.42 Å². The Morgan fingerprint density at radius 3 is 2.43 bits per heavy atom. The molecule has 116 valence electrons. The number of hydrogen-bond acceptors (Lipinski definition) is 6. The van der Waals surface area contributed by atoms with E-state index in [1.807, 2.05) is 0 Å². The maximum Gasteiger partial charge on any atom is 0.228 e. The number of rotatable bonds is 4. The van der Waals surface area contributed by atoms with Gasteiger partial charge in [-0.25, -0.2) is 8.42 Å². The smallest absolute Gasteiger partial charge is 0.228 e. The number of methoxy groups -OCH3 is 2. The van der Waals surface area contributed by atoms with Gasteiger partial charge in [0.1, 0.15) is 0 Å². The van der Waals surface area contributed by atoms with Crippen LogP contribution in [0.3, 0.4) is 0 Å². The van der Waals surface area contributed by atoms with E-state index in [0.717, 1.165) is 0 Å².